The molecule has 0 saturated heterocycles. The molecule has 84 valence electrons. The smallest absolute Gasteiger partial charge is 0.425 e. The normalized spacial score (nSPS) is 13.7. The van der Waals surface area contributed by atoms with Crippen LogP contribution in [0.1, 0.15) is 6.92 Å². The lowest BCUT2D eigenvalue weighted by atomic mass is 10.3. The molecule has 0 heterocycles. The molecule has 15 heavy (non-hydrogen) atoms. The third kappa shape index (κ3) is 3.20. The quantitative estimate of drug-likeness (QED) is 0.804. The van der Waals surface area contributed by atoms with E-state index in [1.165, 1.54) is 18.2 Å². The van der Waals surface area contributed by atoms with Gasteiger partial charge in [-0.15, -0.1) is 0 Å². The van der Waals surface area contributed by atoms with Gasteiger partial charge < -0.3 is 10.5 Å². The maximum Gasteiger partial charge on any atom is 0.425 e. The van der Waals surface area contributed by atoms with E-state index in [-0.39, 0.29) is 16.5 Å². The zero-order valence-corrected chi connectivity index (χ0v) is 8.56. The van der Waals surface area contributed by atoms with Crippen LogP contribution in [0, 0.1) is 0 Å². The number of nitrogen functional groups attached to an aromatic ring is 1. The highest BCUT2D eigenvalue weighted by molar-refractivity contribution is 6.30. The molecule has 0 radical (unpaired) electrons. The minimum atomic E-state index is -4.42. The topological polar surface area (TPSA) is 35.2 Å². The second-order valence-electron chi connectivity index (χ2n) is 2.98. The van der Waals surface area contributed by atoms with Crippen LogP contribution in [0.4, 0.5) is 18.9 Å². The van der Waals surface area contributed by atoms with E-state index in [9.17, 15) is 13.2 Å². The molecule has 6 heteroatoms. The third-order valence-electron chi connectivity index (χ3n) is 1.74. The van der Waals surface area contributed by atoms with E-state index < -0.39 is 12.3 Å². The fourth-order valence-corrected chi connectivity index (χ4v) is 1.03. The Labute approximate surface area is 89.8 Å². The summed E-state index contributed by atoms with van der Waals surface area (Å²) < 4.78 is 41.2. The molecule has 0 aromatic heterocycles. The molecule has 1 aromatic carbocycles. The number of alkyl halides is 3. The van der Waals surface area contributed by atoms with Crippen molar-refractivity contribution in [2.75, 3.05) is 5.73 Å². The maximum atomic E-state index is 12.2. The van der Waals surface area contributed by atoms with Crippen molar-refractivity contribution in [1.29, 1.82) is 0 Å². The fraction of sp³-hybridized carbons (Fsp3) is 0.333. The van der Waals surface area contributed by atoms with E-state index >= 15 is 0 Å². The molecule has 1 atom stereocenters. The number of anilines is 1. The molecular weight excluding hydrogens is 231 g/mol. The van der Waals surface area contributed by atoms with E-state index in [0.29, 0.717) is 0 Å². The van der Waals surface area contributed by atoms with Crippen molar-refractivity contribution in [3.05, 3.63) is 23.2 Å². The summed E-state index contributed by atoms with van der Waals surface area (Å²) in [7, 11) is 0. The van der Waals surface area contributed by atoms with Crippen LogP contribution in [-0.2, 0) is 0 Å². The summed E-state index contributed by atoms with van der Waals surface area (Å²) in [4.78, 5) is 0. The molecule has 1 rings (SSSR count). The highest BCUT2D eigenvalue weighted by atomic mass is 35.5. The van der Waals surface area contributed by atoms with Gasteiger partial charge in [-0.05, 0) is 19.1 Å². The first-order valence-electron chi connectivity index (χ1n) is 4.09. The van der Waals surface area contributed by atoms with Crippen LogP contribution in [0.3, 0.4) is 0 Å². The predicted octanol–water partition coefficient (Wildman–Crippen LogP) is 3.25. The van der Waals surface area contributed by atoms with Crippen LogP contribution in [-0.4, -0.2) is 12.3 Å². The van der Waals surface area contributed by atoms with E-state index in [2.05, 4.69) is 4.74 Å². The standard InChI is InChI=1S/C9H9ClF3NO/c1-5(9(11,12)13)15-8-4-6(10)2-3-7(8)14/h2-5H,14H2,1H3. The van der Waals surface area contributed by atoms with Gasteiger partial charge in [0.15, 0.2) is 6.10 Å². The van der Waals surface area contributed by atoms with Crippen molar-refractivity contribution >= 4 is 17.3 Å². The molecule has 0 fully saturated rings. The Morgan fingerprint density at radius 2 is 2.00 bits per heavy atom. The molecule has 1 aromatic rings. The molecule has 0 aliphatic carbocycles. The summed E-state index contributed by atoms with van der Waals surface area (Å²) in [6.45, 7) is 0.903. The van der Waals surface area contributed by atoms with Gasteiger partial charge in [0.25, 0.3) is 0 Å². The lowest BCUT2D eigenvalue weighted by Crippen LogP contribution is -2.31. The van der Waals surface area contributed by atoms with Gasteiger partial charge >= 0.3 is 6.18 Å². The Bertz CT molecular complexity index is 354. The van der Waals surface area contributed by atoms with Crippen molar-refractivity contribution in [2.45, 2.75) is 19.2 Å². The number of benzene rings is 1. The summed E-state index contributed by atoms with van der Waals surface area (Å²) in [5.41, 5.74) is 5.55. The van der Waals surface area contributed by atoms with Gasteiger partial charge in [0, 0.05) is 11.1 Å². The predicted molar refractivity (Wildman–Crippen MR) is 52.0 cm³/mol. The number of hydrogen-bond acceptors (Lipinski definition) is 2. The van der Waals surface area contributed by atoms with E-state index in [1.54, 1.807) is 0 Å². The number of nitrogens with two attached hydrogens (primary N) is 1. The summed E-state index contributed by atoms with van der Waals surface area (Å²) in [6, 6.07) is 4.11. The monoisotopic (exact) mass is 239 g/mol. The average molecular weight is 240 g/mol. The van der Waals surface area contributed by atoms with Crippen LogP contribution in [0.25, 0.3) is 0 Å². The SMILES string of the molecule is CC(Oc1cc(Cl)ccc1N)C(F)(F)F. The Morgan fingerprint density at radius 1 is 1.40 bits per heavy atom. The van der Waals surface area contributed by atoms with Gasteiger partial charge in [-0.3, -0.25) is 0 Å². The fourth-order valence-electron chi connectivity index (χ4n) is 0.868. The Kier molecular flexibility index (Phi) is 3.34. The Balaban J connectivity index is 2.85. The van der Waals surface area contributed by atoms with Crippen molar-refractivity contribution in [2.24, 2.45) is 0 Å². The second-order valence-corrected chi connectivity index (χ2v) is 3.42. The van der Waals surface area contributed by atoms with Gasteiger partial charge in [-0.25, -0.2) is 0 Å². The second kappa shape index (κ2) is 4.18. The van der Waals surface area contributed by atoms with Gasteiger partial charge in [0.05, 0.1) is 5.69 Å². The van der Waals surface area contributed by atoms with Crippen molar-refractivity contribution in [3.63, 3.8) is 0 Å². The zero-order valence-electron chi connectivity index (χ0n) is 7.81. The van der Waals surface area contributed by atoms with Crippen LogP contribution in [0.2, 0.25) is 5.02 Å². The molecule has 2 nitrogen and oxygen atoms in total. The Morgan fingerprint density at radius 3 is 2.53 bits per heavy atom. The number of rotatable bonds is 2. The van der Waals surface area contributed by atoms with Crippen molar-refractivity contribution < 1.29 is 17.9 Å². The van der Waals surface area contributed by atoms with Crippen LogP contribution in [0.15, 0.2) is 18.2 Å². The van der Waals surface area contributed by atoms with E-state index in [1.807, 2.05) is 0 Å². The molecule has 0 aliphatic heterocycles. The van der Waals surface area contributed by atoms with Crippen molar-refractivity contribution in [3.8, 4) is 5.75 Å². The number of ether oxygens (including phenoxy) is 1. The lowest BCUT2D eigenvalue weighted by molar-refractivity contribution is -0.189. The first-order chi connectivity index (χ1) is 6.80. The maximum absolute atomic E-state index is 12.2. The van der Waals surface area contributed by atoms with Crippen LogP contribution < -0.4 is 10.5 Å². The van der Waals surface area contributed by atoms with Gasteiger partial charge in [-0.2, -0.15) is 13.2 Å². The molecule has 1 unspecified atom stereocenters. The summed E-state index contributed by atoms with van der Waals surface area (Å²) in [5, 5.41) is 0.272. The van der Waals surface area contributed by atoms with Gasteiger partial charge in [0.2, 0.25) is 0 Å². The van der Waals surface area contributed by atoms with Gasteiger partial charge in [0.1, 0.15) is 5.75 Å². The van der Waals surface area contributed by atoms with Crippen LogP contribution in [0.5, 0.6) is 5.75 Å². The molecular formula is C9H9ClF3NO. The molecule has 0 amide bonds. The molecule has 0 bridgehead atoms. The summed E-state index contributed by atoms with van der Waals surface area (Å²) in [5.74, 6) is -0.0627. The zero-order chi connectivity index (χ0) is 11.6. The average Bonchev–Trinajstić information content (AvgIpc) is 2.09. The summed E-state index contributed by atoms with van der Waals surface area (Å²) in [6.07, 6.45) is -6.34. The summed E-state index contributed by atoms with van der Waals surface area (Å²) >= 11 is 5.60. The lowest BCUT2D eigenvalue weighted by Gasteiger charge is -2.18. The number of halogens is 4. The molecule has 0 aliphatic rings. The Hall–Kier alpha value is -1.10. The largest absolute Gasteiger partial charge is 0.479 e. The minimum Gasteiger partial charge on any atom is -0.479 e. The molecule has 0 spiro atoms. The number of hydrogen-bond donors (Lipinski definition) is 1. The van der Waals surface area contributed by atoms with Gasteiger partial charge in [-0.1, -0.05) is 11.6 Å². The van der Waals surface area contributed by atoms with Crippen LogP contribution >= 0.6 is 11.6 Å². The minimum absolute atomic E-state index is 0.0627. The first-order valence-corrected chi connectivity index (χ1v) is 4.47. The molecule has 0 saturated carbocycles. The van der Waals surface area contributed by atoms with E-state index in [4.69, 9.17) is 17.3 Å². The first kappa shape index (κ1) is 12.0. The van der Waals surface area contributed by atoms with Crippen molar-refractivity contribution in [1.82, 2.24) is 0 Å². The van der Waals surface area contributed by atoms with E-state index in [0.717, 1.165) is 6.92 Å². The third-order valence-corrected chi connectivity index (χ3v) is 1.98. The highest BCUT2D eigenvalue weighted by Gasteiger charge is 2.38. The molecule has 2 N–H and O–H groups in total. The highest BCUT2D eigenvalue weighted by Crippen LogP contribution is 2.30.